The highest BCUT2D eigenvalue weighted by Gasteiger charge is 2.36. The Kier molecular flexibility index (Phi) is 6.28. The Morgan fingerprint density at radius 2 is 1.71 bits per heavy atom. The van der Waals surface area contributed by atoms with Crippen LogP contribution in [0.15, 0.2) is 35.7 Å². The molecule has 0 spiro atoms. The van der Waals surface area contributed by atoms with E-state index >= 15 is 0 Å². The molecule has 1 unspecified atom stereocenters. The molecular weight excluding hydrogens is 425 g/mol. The molecule has 0 bridgehead atoms. The maximum Gasteiger partial charge on any atom is 0.247 e. The Balaban J connectivity index is 1.74. The van der Waals surface area contributed by atoms with Crippen LogP contribution in [0.4, 0.5) is 0 Å². The van der Waals surface area contributed by atoms with E-state index in [2.05, 4.69) is 10.1 Å². The van der Waals surface area contributed by atoms with Crippen molar-refractivity contribution >= 4 is 39.1 Å². The van der Waals surface area contributed by atoms with Crippen LogP contribution >= 0.6 is 23.2 Å². The Labute approximate surface area is 174 Å². The van der Waals surface area contributed by atoms with E-state index in [1.807, 2.05) is 13.8 Å². The Hall–Kier alpha value is -1.68. The number of aromatic nitrogens is 3. The summed E-state index contributed by atoms with van der Waals surface area (Å²) in [4.78, 5) is 18.5. The van der Waals surface area contributed by atoms with Gasteiger partial charge in [-0.2, -0.15) is 9.40 Å². The minimum Gasteiger partial charge on any atom is -0.338 e. The highest BCUT2D eigenvalue weighted by Crippen LogP contribution is 2.32. The number of amides is 1. The van der Waals surface area contributed by atoms with E-state index in [0.29, 0.717) is 0 Å². The van der Waals surface area contributed by atoms with E-state index in [0.717, 1.165) is 0 Å². The fraction of sp³-hybridized carbons (Fsp3) is 0.471. The maximum absolute atomic E-state index is 13.0. The largest absolute Gasteiger partial charge is 0.338 e. The van der Waals surface area contributed by atoms with Gasteiger partial charge in [-0.25, -0.2) is 18.1 Å². The van der Waals surface area contributed by atoms with Gasteiger partial charge in [0.2, 0.25) is 15.9 Å². The van der Waals surface area contributed by atoms with E-state index in [1.54, 1.807) is 15.6 Å². The zero-order valence-corrected chi connectivity index (χ0v) is 17.8. The zero-order valence-electron chi connectivity index (χ0n) is 15.5. The Morgan fingerprint density at radius 1 is 1.11 bits per heavy atom. The van der Waals surface area contributed by atoms with Crippen molar-refractivity contribution in [3.8, 4) is 0 Å². The van der Waals surface area contributed by atoms with Crippen molar-refractivity contribution in [3.63, 3.8) is 0 Å². The Morgan fingerprint density at radius 3 is 2.21 bits per heavy atom. The molecule has 1 aromatic heterocycles. The molecule has 0 aliphatic carbocycles. The first-order valence-electron chi connectivity index (χ1n) is 8.80. The van der Waals surface area contributed by atoms with Gasteiger partial charge in [-0.15, -0.1) is 0 Å². The monoisotopic (exact) mass is 445 g/mol. The summed E-state index contributed by atoms with van der Waals surface area (Å²) in [5.74, 6) is -0.0915. The number of benzene rings is 1. The molecule has 0 saturated carbocycles. The van der Waals surface area contributed by atoms with Gasteiger partial charge < -0.3 is 4.90 Å². The number of piperazine rings is 1. The zero-order chi connectivity index (χ0) is 20.5. The molecule has 2 heterocycles. The molecule has 1 saturated heterocycles. The van der Waals surface area contributed by atoms with Gasteiger partial charge in [-0.05, 0) is 18.1 Å². The second-order valence-corrected chi connectivity index (χ2v) is 9.53. The summed E-state index contributed by atoms with van der Waals surface area (Å²) in [6.45, 7) is 4.75. The van der Waals surface area contributed by atoms with Crippen molar-refractivity contribution in [1.29, 1.82) is 0 Å². The molecule has 8 nitrogen and oxygen atoms in total. The summed E-state index contributed by atoms with van der Waals surface area (Å²) in [5.41, 5.74) is 0. The fourth-order valence-electron chi connectivity index (χ4n) is 3.26. The van der Waals surface area contributed by atoms with Gasteiger partial charge in [0.05, 0.1) is 10.0 Å². The summed E-state index contributed by atoms with van der Waals surface area (Å²) < 4.78 is 28.8. The molecule has 3 rings (SSSR count). The highest BCUT2D eigenvalue weighted by atomic mass is 35.5. The van der Waals surface area contributed by atoms with Crippen LogP contribution in [0, 0.1) is 5.92 Å². The van der Waals surface area contributed by atoms with Gasteiger partial charge >= 0.3 is 0 Å². The van der Waals surface area contributed by atoms with Crippen LogP contribution in [-0.2, 0) is 14.8 Å². The topological polar surface area (TPSA) is 88.4 Å². The molecule has 1 aromatic carbocycles. The molecule has 1 aliphatic heterocycles. The van der Waals surface area contributed by atoms with Crippen LogP contribution in [0.2, 0.25) is 10.0 Å². The molecule has 1 aliphatic rings. The minimum atomic E-state index is -3.85. The minimum absolute atomic E-state index is 0.0119. The van der Waals surface area contributed by atoms with E-state index < -0.39 is 16.1 Å². The summed E-state index contributed by atoms with van der Waals surface area (Å²) in [5, 5.41) is 4.25. The first-order valence-corrected chi connectivity index (χ1v) is 11.0. The van der Waals surface area contributed by atoms with Gasteiger partial charge in [0, 0.05) is 26.2 Å². The van der Waals surface area contributed by atoms with Crippen molar-refractivity contribution in [2.75, 3.05) is 26.2 Å². The van der Waals surface area contributed by atoms with Crippen molar-refractivity contribution in [2.45, 2.75) is 24.8 Å². The molecule has 1 amide bonds. The second-order valence-electron chi connectivity index (χ2n) is 6.84. The molecule has 0 radical (unpaired) electrons. The highest BCUT2D eigenvalue weighted by molar-refractivity contribution is 7.89. The lowest BCUT2D eigenvalue weighted by Crippen LogP contribution is -2.52. The summed E-state index contributed by atoms with van der Waals surface area (Å²) in [6.07, 6.45) is 2.91. The van der Waals surface area contributed by atoms with E-state index in [-0.39, 0.29) is 52.9 Å². The van der Waals surface area contributed by atoms with E-state index in [9.17, 15) is 13.2 Å². The molecular formula is C17H21Cl2N5O3S. The van der Waals surface area contributed by atoms with Crippen LogP contribution in [0.3, 0.4) is 0 Å². The molecule has 28 heavy (non-hydrogen) atoms. The summed E-state index contributed by atoms with van der Waals surface area (Å²) in [7, 11) is -3.85. The molecule has 152 valence electrons. The lowest BCUT2D eigenvalue weighted by Gasteiger charge is -2.36. The van der Waals surface area contributed by atoms with Crippen LogP contribution in [0.1, 0.15) is 19.9 Å². The summed E-state index contributed by atoms with van der Waals surface area (Å²) in [6, 6.07) is 4.09. The number of hydrogen-bond donors (Lipinski definition) is 0. The Bertz CT molecular complexity index is 921. The van der Waals surface area contributed by atoms with Crippen molar-refractivity contribution < 1.29 is 13.2 Å². The van der Waals surface area contributed by atoms with Gasteiger partial charge in [-0.1, -0.05) is 43.1 Å². The number of rotatable bonds is 5. The molecule has 11 heteroatoms. The fourth-order valence-corrected chi connectivity index (χ4v) is 5.77. The van der Waals surface area contributed by atoms with Crippen molar-refractivity contribution in [2.24, 2.45) is 5.92 Å². The van der Waals surface area contributed by atoms with E-state index in [1.165, 1.54) is 29.1 Å². The van der Waals surface area contributed by atoms with Crippen LogP contribution in [-0.4, -0.2) is 64.5 Å². The first-order chi connectivity index (χ1) is 13.2. The predicted molar refractivity (Wildman–Crippen MR) is 106 cm³/mol. The van der Waals surface area contributed by atoms with Gasteiger partial charge in [0.15, 0.2) is 0 Å². The van der Waals surface area contributed by atoms with Gasteiger partial charge in [0.25, 0.3) is 0 Å². The number of carbonyl (C=O) groups is 1. The standard InChI is InChI=1S/C17H21Cl2N5O3S/c1-12(2)15(24-11-20-10-21-24)17(25)22-6-8-23(9-7-22)28(26,27)16-13(18)4-3-5-14(16)19/h3-5,10-12,15H,6-9H2,1-2H3. The third-order valence-electron chi connectivity index (χ3n) is 4.67. The normalized spacial score (nSPS) is 17.1. The van der Waals surface area contributed by atoms with Crippen molar-refractivity contribution in [3.05, 3.63) is 40.9 Å². The quantitative estimate of drug-likeness (QED) is 0.704. The average molecular weight is 446 g/mol. The maximum atomic E-state index is 13.0. The number of hydrogen-bond acceptors (Lipinski definition) is 5. The second kappa shape index (κ2) is 8.36. The van der Waals surface area contributed by atoms with Crippen LogP contribution in [0.25, 0.3) is 0 Å². The lowest BCUT2D eigenvalue weighted by atomic mass is 10.0. The first kappa shape index (κ1) is 21.0. The third-order valence-corrected chi connectivity index (χ3v) is 7.53. The lowest BCUT2D eigenvalue weighted by molar-refractivity contribution is -0.137. The van der Waals surface area contributed by atoms with Crippen LogP contribution in [0.5, 0.6) is 0 Å². The SMILES string of the molecule is CC(C)C(C(=O)N1CCN(S(=O)(=O)c2c(Cl)cccc2Cl)CC1)n1cncn1. The molecule has 2 aromatic rings. The van der Waals surface area contributed by atoms with E-state index in [4.69, 9.17) is 23.2 Å². The average Bonchev–Trinajstić information content (AvgIpc) is 3.15. The van der Waals surface area contributed by atoms with Crippen molar-refractivity contribution in [1.82, 2.24) is 24.0 Å². The predicted octanol–water partition coefficient (Wildman–Crippen LogP) is 2.32. The summed E-state index contributed by atoms with van der Waals surface area (Å²) >= 11 is 12.2. The third kappa shape index (κ3) is 4.03. The number of carbonyl (C=O) groups excluding carboxylic acids is 1. The number of halogens is 2. The van der Waals surface area contributed by atoms with Gasteiger partial charge in [0.1, 0.15) is 23.6 Å². The van der Waals surface area contributed by atoms with Gasteiger partial charge in [-0.3, -0.25) is 4.79 Å². The van der Waals surface area contributed by atoms with Crippen LogP contribution < -0.4 is 0 Å². The smallest absolute Gasteiger partial charge is 0.247 e. The molecule has 0 N–H and O–H groups in total. The molecule has 1 fully saturated rings. The number of sulfonamides is 1. The number of nitrogens with zero attached hydrogens (tertiary/aromatic N) is 5. The molecule has 1 atom stereocenters.